The fourth-order valence-electron chi connectivity index (χ4n) is 5.27. The minimum atomic E-state index is -0.375. The van der Waals surface area contributed by atoms with Gasteiger partial charge in [0, 0.05) is 28.8 Å². The lowest BCUT2D eigenvalue weighted by molar-refractivity contribution is 0.00578. The maximum Gasteiger partial charge on any atom is 0.494 e. The van der Waals surface area contributed by atoms with Crippen LogP contribution in [0.1, 0.15) is 71.5 Å². The lowest BCUT2D eigenvalue weighted by atomic mass is 9.79. The Hall–Kier alpha value is -3.42. The van der Waals surface area contributed by atoms with Crippen molar-refractivity contribution < 1.29 is 9.31 Å². The Balaban J connectivity index is 1.26. The van der Waals surface area contributed by atoms with E-state index in [1.807, 2.05) is 30.5 Å². The van der Waals surface area contributed by atoms with Gasteiger partial charge in [-0.05, 0) is 58.1 Å². The Bertz CT molecular complexity index is 1420. The monoisotopic (exact) mass is 518 g/mol. The van der Waals surface area contributed by atoms with Crippen molar-refractivity contribution in [3.8, 4) is 34.0 Å². The van der Waals surface area contributed by atoms with Gasteiger partial charge in [0.25, 0.3) is 0 Å². The van der Waals surface area contributed by atoms with E-state index in [0.717, 1.165) is 52.3 Å². The second-order valence-corrected chi connectivity index (χ2v) is 11.7. The predicted octanol–water partition coefficient (Wildman–Crippen LogP) is 6.61. The van der Waals surface area contributed by atoms with Crippen molar-refractivity contribution in [2.24, 2.45) is 0 Å². The first kappa shape index (κ1) is 25.8. The molecule has 198 valence electrons. The van der Waals surface area contributed by atoms with E-state index in [1.54, 1.807) is 0 Å². The summed E-state index contributed by atoms with van der Waals surface area (Å²) in [5.74, 6) is 2.70. The number of nitrogens with zero attached hydrogens (tertiary/aromatic N) is 4. The van der Waals surface area contributed by atoms with Crippen LogP contribution in [0.2, 0.25) is 0 Å². The molecule has 3 heterocycles. The van der Waals surface area contributed by atoms with Crippen molar-refractivity contribution in [3.63, 3.8) is 0 Å². The second-order valence-electron chi connectivity index (χ2n) is 11.7. The summed E-state index contributed by atoms with van der Waals surface area (Å²) in [5, 5.41) is 0. The van der Waals surface area contributed by atoms with E-state index in [1.165, 1.54) is 19.3 Å². The molecule has 0 amide bonds. The van der Waals surface area contributed by atoms with E-state index < -0.39 is 0 Å². The molecule has 39 heavy (non-hydrogen) atoms. The van der Waals surface area contributed by atoms with Crippen LogP contribution in [0.25, 0.3) is 34.0 Å². The summed E-state index contributed by atoms with van der Waals surface area (Å²) in [7, 11) is -0.375. The van der Waals surface area contributed by atoms with Crippen molar-refractivity contribution >= 4 is 12.6 Å². The Labute approximate surface area is 231 Å². The third-order valence-electron chi connectivity index (χ3n) is 8.41. The first-order valence-electron chi connectivity index (χ1n) is 14.0. The molecule has 2 aromatic carbocycles. The maximum absolute atomic E-state index is 6.20. The van der Waals surface area contributed by atoms with E-state index in [4.69, 9.17) is 29.2 Å². The van der Waals surface area contributed by atoms with E-state index >= 15 is 0 Å². The molecule has 2 aromatic heterocycles. The molecule has 0 bridgehead atoms. The number of hydrogen-bond donors (Lipinski definition) is 0. The topological polar surface area (TPSA) is 70.0 Å². The van der Waals surface area contributed by atoms with Crippen LogP contribution in [-0.2, 0) is 9.31 Å². The highest BCUT2D eigenvalue weighted by atomic mass is 16.7. The van der Waals surface area contributed by atoms with Crippen LogP contribution in [0, 0.1) is 0 Å². The summed E-state index contributed by atoms with van der Waals surface area (Å²) >= 11 is 0. The van der Waals surface area contributed by atoms with E-state index in [-0.39, 0.29) is 18.3 Å². The van der Waals surface area contributed by atoms with Crippen LogP contribution < -0.4 is 5.46 Å². The van der Waals surface area contributed by atoms with Crippen molar-refractivity contribution in [3.05, 3.63) is 78.8 Å². The molecule has 2 fully saturated rings. The smallest absolute Gasteiger partial charge is 0.399 e. The third kappa shape index (κ3) is 5.26. The summed E-state index contributed by atoms with van der Waals surface area (Å²) in [6, 6.07) is 22.5. The molecule has 6 rings (SSSR count). The van der Waals surface area contributed by atoms with Gasteiger partial charge < -0.3 is 9.31 Å². The fourth-order valence-corrected chi connectivity index (χ4v) is 5.27. The molecule has 0 unspecified atom stereocenters. The van der Waals surface area contributed by atoms with Crippen LogP contribution in [0.5, 0.6) is 0 Å². The molecule has 2 aliphatic rings. The molecule has 1 aliphatic heterocycles. The minimum Gasteiger partial charge on any atom is -0.399 e. The molecule has 4 aromatic rings. The van der Waals surface area contributed by atoms with Crippen LogP contribution in [0.15, 0.2) is 72.9 Å². The Morgan fingerprint density at radius 1 is 0.667 bits per heavy atom. The normalized spacial score (nSPS) is 18.8. The highest BCUT2D eigenvalue weighted by Gasteiger charge is 2.51. The summed E-state index contributed by atoms with van der Waals surface area (Å²) in [5.41, 5.74) is 4.10. The van der Waals surface area contributed by atoms with Crippen LogP contribution >= 0.6 is 0 Å². The zero-order valence-corrected chi connectivity index (χ0v) is 23.2. The standard InChI is InChI=1S/C32H35BN4O2/c1-31(2)32(3,4)39-33(38-31)26-18-15-22(16-19-26)27-20-17-25(21-34-27)30-36-28(23-11-7-5-8-12-23)35-29(37-30)24-13-9-6-10-14-24/h5,7-8,11-12,15-21,24H,6,9-10,13-14H2,1-4H3. The largest absolute Gasteiger partial charge is 0.494 e. The van der Waals surface area contributed by atoms with Gasteiger partial charge in [-0.15, -0.1) is 0 Å². The van der Waals surface area contributed by atoms with Gasteiger partial charge in [-0.25, -0.2) is 15.0 Å². The molecule has 0 atom stereocenters. The molecular formula is C32H35BN4O2. The van der Waals surface area contributed by atoms with Gasteiger partial charge in [-0.1, -0.05) is 73.9 Å². The summed E-state index contributed by atoms with van der Waals surface area (Å²) in [4.78, 5) is 19.5. The lowest BCUT2D eigenvalue weighted by Gasteiger charge is -2.32. The van der Waals surface area contributed by atoms with Crippen LogP contribution in [0.3, 0.4) is 0 Å². The highest BCUT2D eigenvalue weighted by molar-refractivity contribution is 6.62. The number of hydrogen-bond acceptors (Lipinski definition) is 6. The van der Waals surface area contributed by atoms with Gasteiger partial charge in [0.2, 0.25) is 0 Å². The summed E-state index contributed by atoms with van der Waals surface area (Å²) < 4.78 is 12.4. The Kier molecular flexibility index (Phi) is 6.82. The third-order valence-corrected chi connectivity index (χ3v) is 8.41. The fraction of sp³-hybridized carbons (Fsp3) is 0.375. The maximum atomic E-state index is 6.20. The first-order valence-corrected chi connectivity index (χ1v) is 14.0. The van der Waals surface area contributed by atoms with Gasteiger partial charge >= 0.3 is 7.12 Å². The van der Waals surface area contributed by atoms with Crippen molar-refractivity contribution in [2.75, 3.05) is 0 Å². The number of aromatic nitrogens is 4. The quantitative estimate of drug-likeness (QED) is 0.277. The van der Waals surface area contributed by atoms with E-state index in [0.29, 0.717) is 11.7 Å². The SMILES string of the molecule is CC1(C)OB(c2ccc(-c3ccc(-c4nc(-c5ccccc5)nc(C5CCCCC5)n4)cn3)cc2)OC1(C)C. The van der Waals surface area contributed by atoms with E-state index in [9.17, 15) is 0 Å². The zero-order chi connectivity index (χ0) is 27.0. The Morgan fingerprint density at radius 2 is 1.28 bits per heavy atom. The van der Waals surface area contributed by atoms with Crippen molar-refractivity contribution in [2.45, 2.75) is 76.9 Å². The lowest BCUT2D eigenvalue weighted by Crippen LogP contribution is -2.41. The molecule has 0 spiro atoms. The number of benzene rings is 2. The van der Waals surface area contributed by atoms with Gasteiger partial charge in [0.1, 0.15) is 5.82 Å². The Morgan fingerprint density at radius 3 is 1.90 bits per heavy atom. The van der Waals surface area contributed by atoms with Gasteiger partial charge in [0.15, 0.2) is 11.6 Å². The first-order chi connectivity index (χ1) is 18.8. The molecule has 0 radical (unpaired) electrons. The minimum absolute atomic E-state index is 0.361. The van der Waals surface area contributed by atoms with Crippen LogP contribution in [-0.4, -0.2) is 38.3 Å². The average Bonchev–Trinajstić information content (AvgIpc) is 3.20. The van der Waals surface area contributed by atoms with Crippen LogP contribution in [0.4, 0.5) is 0 Å². The number of rotatable bonds is 5. The van der Waals surface area contributed by atoms with E-state index in [2.05, 4.69) is 70.2 Å². The molecular weight excluding hydrogens is 483 g/mol. The van der Waals surface area contributed by atoms with Gasteiger partial charge in [-0.3, -0.25) is 4.98 Å². The molecule has 1 saturated carbocycles. The molecule has 7 heteroatoms. The zero-order valence-electron chi connectivity index (χ0n) is 23.2. The molecule has 1 aliphatic carbocycles. The van der Waals surface area contributed by atoms with Crippen molar-refractivity contribution in [1.82, 2.24) is 19.9 Å². The van der Waals surface area contributed by atoms with Gasteiger partial charge in [-0.2, -0.15) is 0 Å². The summed E-state index contributed by atoms with van der Waals surface area (Å²) in [6.45, 7) is 8.28. The second kappa shape index (κ2) is 10.3. The summed E-state index contributed by atoms with van der Waals surface area (Å²) in [6.07, 6.45) is 7.90. The predicted molar refractivity (Wildman–Crippen MR) is 155 cm³/mol. The molecule has 1 saturated heterocycles. The highest BCUT2D eigenvalue weighted by Crippen LogP contribution is 2.37. The van der Waals surface area contributed by atoms with Crippen molar-refractivity contribution in [1.29, 1.82) is 0 Å². The molecule has 0 N–H and O–H groups in total. The average molecular weight is 518 g/mol. The number of pyridine rings is 1. The molecule has 6 nitrogen and oxygen atoms in total. The van der Waals surface area contributed by atoms with Gasteiger partial charge in [0.05, 0.1) is 16.9 Å².